The number of nitrogens with one attached hydrogen (secondary N) is 2. The number of aromatic nitrogens is 2. The first-order chi connectivity index (χ1) is 16.0. The number of benzene rings is 2. The van der Waals surface area contributed by atoms with Gasteiger partial charge in [-0.05, 0) is 32.3 Å². The highest BCUT2D eigenvalue weighted by molar-refractivity contribution is 6.50. The Hall–Kier alpha value is -4.04. The molecule has 0 spiro atoms. The minimum absolute atomic E-state index is 0.158. The van der Waals surface area contributed by atoms with Crippen LogP contribution >= 0.6 is 0 Å². The summed E-state index contributed by atoms with van der Waals surface area (Å²) in [6.07, 6.45) is 3.73. The zero-order valence-corrected chi connectivity index (χ0v) is 18.3. The van der Waals surface area contributed by atoms with E-state index in [0.29, 0.717) is 40.3 Å². The number of fused-ring (bicyclic) bond motifs is 4. The second kappa shape index (κ2) is 7.25. The van der Waals surface area contributed by atoms with Crippen LogP contribution in [-0.2, 0) is 16.1 Å². The van der Waals surface area contributed by atoms with E-state index in [9.17, 15) is 9.59 Å². The van der Waals surface area contributed by atoms with Gasteiger partial charge >= 0.3 is 0 Å². The van der Waals surface area contributed by atoms with E-state index in [1.54, 1.807) is 6.20 Å². The Morgan fingerprint density at radius 2 is 1.76 bits per heavy atom. The molecule has 0 radical (unpaired) electrons. The molecule has 166 valence electrons. The molecule has 2 aliphatic heterocycles. The Kier molecular flexibility index (Phi) is 4.31. The van der Waals surface area contributed by atoms with E-state index in [2.05, 4.69) is 19.8 Å². The molecular formula is C25H22N4O4. The van der Waals surface area contributed by atoms with Crippen LogP contribution in [0, 0.1) is 0 Å². The molecule has 33 heavy (non-hydrogen) atoms. The fourth-order valence-corrected chi connectivity index (χ4v) is 4.68. The minimum Gasteiger partial charge on any atom is -0.454 e. The number of carbonyl (C=O) groups excluding carboxylic acids is 2. The summed E-state index contributed by atoms with van der Waals surface area (Å²) in [5.41, 5.74) is 3.92. The van der Waals surface area contributed by atoms with Gasteiger partial charge in [-0.25, -0.2) is 0 Å². The molecule has 2 aromatic carbocycles. The van der Waals surface area contributed by atoms with E-state index < -0.39 is 11.8 Å². The number of ether oxygens (including phenoxy) is 2. The minimum atomic E-state index is -0.399. The number of hydrogen-bond donors (Lipinski definition) is 2. The lowest BCUT2D eigenvalue weighted by atomic mass is 9.95. The molecule has 4 heterocycles. The highest BCUT2D eigenvalue weighted by atomic mass is 16.7. The number of amides is 2. The molecule has 6 rings (SSSR count). The van der Waals surface area contributed by atoms with E-state index in [4.69, 9.17) is 9.47 Å². The van der Waals surface area contributed by atoms with Crippen LogP contribution in [0.3, 0.4) is 0 Å². The Bertz CT molecular complexity index is 1490. The average Bonchev–Trinajstić information content (AvgIpc) is 3.55. The molecule has 0 fully saturated rings. The van der Waals surface area contributed by atoms with Crippen molar-refractivity contribution in [3.63, 3.8) is 0 Å². The second-order valence-electron chi connectivity index (χ2n) is 8.52. The van der Waals surface area contributed by atoms with Crippen LogP contribution in [0.4, 0.5) is 0 Å². The third-order valence-corrected chi connectivity index (χ3v) is 6.22. The van der Waals surface area contributed by atoms with Crippen LogP contribution in [0.15, 0.2) is 48.8 Å². The van der Waals surface area contributed by atoms with Gasteiger partial charge in [0.05, 0.1) is 16.7 Å². The van der Waals surface area contributed by atoms with Gasteiger partial charge < -0.3 is 23.9 Å². The predicted octanol–water partition coefficient (Wildman–Crippen LogP) is 2.98. The molecule has 2 N–H and O–H groups in total. The summed E-state index contributed by atoms with van der Waals surface area (Å²) < 4.78 is 13.5. The summed E-state index contributed by atoms with van der Waals surface area (Å²) in [6, 6.07) is 11.5. The first kappa shape index (κ1) is 19.6. The van der Waals surface area contributed by atoms with Crippen LogP contribution in [0.2, 0.25) is 0 Å². The molecule has 0 saturated heterocycles. The smallest absolute Gasteiger partial charge is 0.259 e. The van der Waals surface area contributed by atoms with E-state index in [1.165, 1.54) is 0 Å². The Balaban J connectivity index is 1.63. The van der Waals surface area contributed by atoms with Crippen molar-refractivity contribution in [2.75, 3.05) is 27.4 Å². The fraction of sp³-hybridized carbons (Fsp3) is 0.200. The molecule has 4 aromatic rings. The molecule has 2 aromatic heterocycles. The number of hydrogen-bond acceptors (Lipinski definition) is 5. The van der Waals surface area contributed by atoms with Crippen LogP contribution in [-0.4, -0.2) is 53.7 Å². The van der Waals surface area contributed by atoms with E-state index in [0.717, 1.165) is 28.4 Å². The van der Waals surface area contributed by atoms with Crippen molar-refractivity contribution in [1.29, 1.82) is 0 Å². The lowest BCUT2D eigenvalue weighted by molar-refractivity contribution is -0.122. The van der Waals surface area contributed by atoms with E-state index in [-0.39, 0.29) is 6.79 Å². The summed E-state index contributed by atoms with van der Waals surface area (Å²) in [5, 5.41) is 4.24. The van der Waals surface area contributed by atoms with E-state index in [1.807, 2.05) is 56.7 Å². The van der Waals surface area contributed by atoms with Gasteiger partial charge in [0.2, 0.25) is 6.79 Å². The van der Waals surface area contributed by atoms with Crippen molar-refractivity contribution in [3.05, 3.63) is 59.9 Å². The predicted molar refractivity (Wildman–Crippen MR) is 125 cm³/mol. The quantitative estimate of drug-likeness (QED) is 0.464. The van der Waals surface area contributed by atoms with Crippen molar-refractivity contribution >= 4 is 44.8 Å². The molecule has 8 nitrogen and oxygen atoms in total. The maximum absolute atomic E-state index is 13.1. The molecular weight excluding hydrogens is 420 g/mol. The van der Waals surface area contributed by atoms with Crippen molar-refractivity contribution in [3.8, 4) is 11.5 Å². The number of aromatic amines is 1. The zero-order chi connectivity index (χ0) is 22.7. The second-order valence-corrected chi connectivity index (χ2v) is 8.52. The van der Waals surface area contributed by atoms with Gasteiger partial charge in [-0.15, -0.1) is 0 Å². The van der Waals surface area contributed by atoms with Gasteiger partial charge in [-0.3, -0.25) is 14.9 Å². The van der Waals surface area contributed by atoms with Crippen molar-refractivity contribution < 1.29 is 19.1 Å². The third-order valence-electron chi connectivity index (χ3n) is 6.22. The van der Waals surface area contributed by atoms with Gasteiger partial charge in [0.15, 0.2) is 11.5 Å². The summed E-state index contributed by atoms with van der Waals surface area (Å²) >= 11 is 0. The molecule has 0 bridgehead atoms. The lowest BCUT2D eigenvalue weighted by Gasteiger charge is -2.12. The van der Waals surface area contributed by atoms with Crippen molar-refractivity contribution in [1.82, 2.24) is 19.8 Å². The number of para-hydroxylation sites is 1. The summed E-state index contributed by atoms with van der Waals surface area (Å²) in [4.78, 5) is 31.4. The van der Waals surface area contributed by atoms with Gasteiger partial charge in [0.1, 0.15) is 0 Å². The van der Waals surface area contributed by atoms with Gasteiger partial charge in [0, 0.05) is 52.9 Å². The number of likely N-dealkylation sites (N-methyl/N-ethyl adjacent to an activating group) is 1. The van der Waals surface area contributed by atoms with Crippen molar-refractivity contribution in [2.24, 2.45) is 0 Å². The third kappa shape index (κ3) is 2.95. The summed E-state index contributed by atoms with van der Waals surface area (Å²) in [6.45, 7) is 1.65. The molecule has 2 aliphatic rings. The number of imide groups is 1. The molecule has 2 amide bonds. The standard InChI is InChI=1S/C25H22N4O4/c1-28(2)9-10-29-12-17(15-7-8-19-23(22(15)29)33-13-32-19)21-20(24(30)27-25(21)31)16-11-26-18-6-4-3-5-14(16)18/h3-8,11-12,26H,9-10,13H2,1-2H3,(H,27,30,31). The highest BCUT2D eigenvalue weighted by Gasteiger charge is 2.36. The number of H-pyrrole nitrogens is 1. The molecule has 0 saturated carbocycles. The lowest BCUT2D eigenvalue weighted by Crippen LogP contribution is -2.22. The maximum Gasteiger partial charge on any atom is 0.259 e. The Labute approximate surface area is 189 Å². The van der Waals surface area contributed by atoms with Crippen LogP contribution in [0.5, 0.6) is 11.5 Å². The summed E-state index contributed by atoms with van der Waals surface area (Å²) in [5.74, 6) is 0.548. The number of rotatable bonds is 5. The van der Waals surface area contributed by atoms with Crippen LogP contribution < -0.4 is 14.8 Å². The first-order valence-corrected chi connectivity index (χ1v) is 10.8. The van der Waals surface area contributed by atoms with Gasteiger partial charge in [-0.1, -0.05) is 18.2 Å². The number of nitrogens with zero attached hydrogens (tertiary/aromatic N) is 2. The monoisotopic (exact) mass is 442 g/mol. The highest BCUT2D eigenvalue weighted by Crippen LogP contribution is 2.44. The van der Waals surface area contributed by atoms with Gasteiger partial charge in [-0.2, -0.15) is 0 Å². The van der Waals surface area contributed by atoms with Gasteiger partial charge in [0.25, 0.3) is 11.8 Å². The normalized spacial score (nSPS) is 15.5. The Morgan fingerprint density at radius 3 is 2.58 bits per heavy atom. The molecule has 0 aliphatic carbocycles. The molecule has 0 unspecified atom stereocenters. The first-order valence-electron chi connectivity index (χ1n) is 10.8. The van der Waals surface area contributed by atoms with E-state index >= 15 is 0 Å². The molecule has 0 atom stereocenters. The topological polar surface area (TPSA) is 88.6 Å². The Morgan fingerprint density at radius 1 is 0.970 bits per heavy atom. The van der Waals surface area contributed by atoms with Crippen molar-refractivity contribution in [2.45, 2.75) is 6.54 Å². The van der Waals surface area contributed by atoms with Crippen LogP contribution in [0.1, 0.15) is 11.1 Å². The zero-order valence-electron chi connectivity index (χ0n) is 18.3. The average molecular weight is 442 g/mol. The molecule has 8 heteroatoms. The SMILES string of the molecule is CN(C)CCn1cc(C2=C(c3c[nH]c4ccccc34)C(=O)NC2=O)c2ccc3c(c21)OCO3. The number of carbonyl (C=O) groups is 2. The largest absolute Gasteiger partial charge is 0.454 e. The van der Waals surface area contributed by atoms with Crippen LogP contribution in [0.25, 0.3) is 33.0 Å². The fourth-order valence-electron chi connectivity index (χ4n) is 4.68. The maximum atomic E-state index is 13.1. The summed E-state index contributed by atoms with van der Waals surface area (Å²) in [7, 11) is 4.02.